The van der Waals surface area contributed by atoms with Crippen molar-refractivity contribution in [3.8, 4) is 22.6 Å². The molecule has 0 atom stereocenters. The second-order valence-corrected chi connectivity index (χ2v) is 8.73. The molecule has 33 heavy (non-hydrogen) atoms. The minimum atomic E-state index is -4.80. The van der Waals surface area contributed by atoms with Gasteiger partial charge in [0.1, 0.15) is 17.4 Å². The van der Waals surface area contributed by atoms with Gasteiger partial charge in [-0.3, -0.25) is 4.57 Å². The van der Waals surface area contributed by atoms with Crippen LogP contribution in [0, 0.1) is 19.7 Å². The van der Waals surface area contributed by atoms with Crippen LogP contribution in [0.5, 0.6) is 5.75 Å². The van der Waals surface area contributed by atoms with E-state index in [0.29, 0.717) is 22.6 Å². The summed E-state index contributed by atoms with van der Waals surface area (Å²) in [4.78, 5) is 2.99. The lowest BCUT2D eigenvalue weighted by molar-refractivity contribution is -0.137. The van der Waals surface area contributed by atoms with E-state index in [0.717, 1.165) is 11.6 Å². The van der Waals surface area contributed by atoms with Crippen LogP contribution in [0.1, 0.15) is 36.6 Å². The molecule has 1 aliphatic rings. The van der Waals surface area contributed by atoms with Crippen molar-refractivity contribution in [1.82, 2.24) is 19.7 Å². The normalized spacial score (nSPS) is 14.7. The van der Waals surface area contributed by atoms with E-state index in [1.807, 2.05) is 0 Å². The van der Waals surface area contributed by atoms with E-state index < -0.39 is 23.1 Å². The lowest BCUT2D eigenvalue weighted by Crippen LogP contribution is -2.37. The number of halogens is 4. The number of H-pyrrole nitrogens is 1. The van der Waals surface area contributed by atoms with Gasteiger partial charge in [-0.1, -0.05) is 0 Å². The Balaban J connectivity index is 1.99. The third-order valence-electron chi connectivity index (χ3n) is 6.05. The molecular weight excluding hydrogens is 438 g/mol. The van der Waals surface area contributed by atoms with Gasteiger partial charge in [0.25, 0.3) is 0 Å². The molecule has 2 N–H and O–H groups in total. The zero-order chi connectivity index (χ0) is 23.9. The highest BCUT2D eigenvalue weighted by Crippen LogP contribution is 2.52. The van der Waals surface area contributed by atoms with Crippen molar-refractivity contribution >= 4 is 16.6 Å². The van der Waals surface area contributed by atoms with E-state index in [2.05, 4.69) is 20.5 Å². The Morgan fingerprint density at radius 2 is 1.82 bits per heavy atom. The van der Waals surface area contributed by atoms with E-state index in [9.17, 15) is 17.6 Å². The number of hydrogen-bond acceptors (Lipinski definition) is 4. The first kappa shape index (κ1) is 21.3. The van der Waals surface area contributed by atoms with Gasteiger partial charge in [0, 0.05) is 28.8 Å². The van der Waals surface area contributed by atoms with Gasteiger partial charge in [0.05, 0.1) is 35.1 Å². The van der Waals surface area contributed by atoms with Crippen molar-refractivity contribution < 1.29 is 22.3 Å². The van der Waals surface area contributed by atoms with Gasteiger partial charge in [0.2, 0.25) is 0 Å². The van der Waals surface area contributed by atoms with Crippen molar-refractivity contribution in [2.45, 2.75) is 39.4 Å². The van der Waals surface area contributed by atoms with E-state index in [1.54, 1.807) is 33.9 Å². The summed E-state index contributed by atoms with van der Waals surface area (Å²) in [6, 6.07) is 3.91. The maximum Gasteiger partial charge on any atom is 0.419 e. The second-order valence-electron chi connectivity index (χ2n) is 8.73. The highest BCUT2D eigenvalue weighted by Gasteiger charge is 2.45. The van der Waals surface area contributed by atoms with Crippen LogP contribution in [0.3, 0.4) is 0 Å². The highest BCUT2D eigenvalue weighted by molar-refractivity contribution is 6.00. The molecule has 10 heteroatoms. The van der Waals surface area contributed by atoms with Crippen LogP contribution in [0.4, 0.5) is 23.2 Å². The van der Waals surface area contributed by atoms with E-state index >= 15 is 0 Å². The number of nitrogens with zero attached hydrogens (tertiary/aromatic N) is 3. The van der Waals surface area contributed by atoms with Crippen molar-refractivity contribution in [3.05, 3.63) is 53.0 Å². The molecule has 6 nitrogen and oxygen atoms in total. The number of aromatic nitrogens is 4. The summed E-state index contributed by atoms with van der Waals surface area (Å²) in [6.45, 7) is 6.97. The Morgan fingerprint density at radius 3 is 2.48 bits per heavy atom. The summed E-state index contributed by atoms with van der Waals surface area (Å²) in [6.07, 6.45) is -3.16. The number of hydrogen-bond donors (Lipinski definition) is 2. The summed E-state index contributed by atoms with van der Waals surface area (Å²) in [5, 5.41) is 11.8. The SMILES string of the molecule is COc1cc2c(c(C(F)(F)F)c1-c1cc(F)cc3c(C)c[nH]c13)-n1c(C)nnc1C(C)(C)N2. The topological polar surface area (TPSA) is 67.8 Å². The summed E-state index contributed by atoms with van der Waals surface area (Å²) in [5.74, 6) is -0.0250. The Kier molecular flexibility index (Phi) is 4.34. The largest absolute Gasteiger partial charge is 0.496 e. The molecule has 0 spiro atoms. The number of methoxy groups -OCH3 is 1. The predicted molar refractivity (Wildman–Crippen MR) is 116 cm³/mol. The first-order valence-electron chi connectivity index (χ1n) is 10.2. The number of nitrogens with one attached hydrogen (secondary N) is 2. The summed E-state index contributed by atoms with van der Waals surface area (Å²) in [7, 11) is 1.30. The highest BCUT2D eigenvalue weighted by atomic mass is 19.4. The fourth-order valence-corrected chi connectivity index (χ4v) is 4.64. The summed E-state index contributed by atoms with van der Waals surface area (Å²) < 4.78 is 66.0. The van der Waals surface area contributed by atoms with Crippen LogP contribution in [-0.2, 0) is 11.7 Å². The van der Waals surface area contributed by atoms with Crippen LogP contribution in [-0.4, -0.2) is 26.9 Å². The average molecular weight is 459 g/mol. The molecule has 2 aromatic carbocycles. The second kappa shape index (κ2) is 6.72. The third-order valence-corrected chi connectivity index (χ3v) is 6.05. The van der Waals surface area contributed by atoms with Gasteiger partial charge in [-0.2, -0.15) is 13.2 Å². The number of alkyl halides is 3. The number of anilines is 1. The van der Waals surface area contributed by atoms with Crippen LogP contribution >= 0.6 is 0 Å². The zero-order valence-electron chi connectivity index (χ0n) is 18.6. The van der Waals surface area contributed by atoms with E-state index in [-0.39, 0.29) is 28.3 Å². The van der Waals surface area contributed by atoms with Crippen LogP contribution < -0.4 is 10.1 Å². The number of ether oxygens (including phenoxy) is 1. The number of aryl methyl sites for hydroxylation is 2. The molecule has 0 bridgehead atoms. The van der Waals surface area contributed by atoms with Crippen molar-refractivity contribution in [2.24, 2.45) is 0 Å². The van der Waals surface area contributed by atoms with Gasteiger partial charge < -0.3 is 15.0 Å². The molecular formula is C23H21F4N5O. The summed E-state index contributed by atoms with van der Waals surface area (Å²) in [5.41, 5.74) is -0.749. The predicted octanol–water partition coefficient (Wildman–Crippen LogP) is 5.86. The van der Waals surface area contributed by atoms with Gasteiger partial charge in [-0.15, -0.1) is 10.2 Å². The van der Waals surface area contributed by atoms with Crippen molar-refractivity contribution in [2.75, 3.05) is 12.4 Å². The molecule has 0 unspecified atom stereocenters. The molecule has 5 rings (SSSR count). The molecule has 2 aromatic heterocycles. The first-order valence-corrected chi connectivity index (χ1v) is 10.2. The minimum absolute atomic E-state index is 0.0299. The number of aromatic amines is 1. The molecule has 172 valence electrons. The molecule has 4 aromatic rings. The van der Waals surface area contributed by atoms with Gasteiger partial charge in [-0.05, 0) is 45.4 Å². The molecule has 0 radical (unpaired) electrons. The minimum Gasteiger partial charge on any atom is -0.496 e. The maximum absolute atomic E-state index is 14.8. The van der Waals surface area contributed by atoms with E-state index in [1.165, 1.54) is 23.8 Å². The lowest BCUT2D eigenvalue weighted by Gasteiger charge is -2.36. The molecule has 0 saturated heterocycles. The Morgan fingerprint density at radius 1 is 1.09 bits per heavy atom. The monoisotopic (exact) mass is 459 g/mol. The maximum atomic E-state index is 14.8. The Hall–Kier alpha value is -3.56. The fraction of sp³-hybridized carbons (Fsp3) is 0.304. The first-order chi connectivity index (χ1) is 15.4. The molecule has 0 fully saturated rings. The number of fused-ring (bicyclic) bond motifs is 4. The molecule has 3 heterocycles. The average Bonchev–Trinajstić information content (AvgIpc) is 3.29. The zero-order valence-corrected chi connectivity index (χ0v) is 18.6. The quantitative estimate of drug-likeness (QED) is 0.369. The van der Waals surface area contributed by atoms with Crippen molar-refractivity contribution in [3.63, 3.8) is 0 Å². The Labute approximate surface area is 186 Å². The van der Waals surface area contributed by atoms with Crippen LogP contribution in [0.25, 0.3) is 27.7 Å². The molecule has 0 amide bonds. The number of rotatable bonds is 2. The van der Waals surface area contributed by atoms with Gasteiger partial charge in [-0.25, -0.2) is 4.39 Å². The third kappa shape index (κ3) is 3.00. The van der Waals surface area contributed by atoms with Crippen LogP contribution in [0.2, 0.25) is 0 Å². The Bertz CT molecular complexity index is 1430. The fourth-order valence-electron chi connectivity index (χ4n) is 4.64. The lowest BCUT2D eigenvalue weighted by atomic mass is 9.90. The van der Waals surface area contributed by atoms with Crippen LogP contribution in [0.15, 0.2) is 24.4 Å². The van der Waals surface area contributed by atoms with Crippen molar-refractivity contribution in [1.29, 1.82) is 0 Å². The smallest absolute Gasteiger partial charge is 0.419 e. The molecule has 0 aliphatic carbocycles. The van der Waals surface area contributed by atoms with E-state index in [4.69, 9.17) is 4.74 Å². The van der Waals surface area contributed by atoms with Gasteiger partial charge >= 0.3 is 6.18 Å². The van der Waals surface area contributed by atoms with Gasteiger partial charge in [0.15, 0.2) is 5.82 Å². The number of benzene rings is 2. The standard InChI is InChI=1S/C23H21F4N5O/c1-10-9-28-19-13(10)6-12(24)7-14(19)17-16(33-5)8-15-20(18(17)23(25,26)27)32-11(2)30-31-21(32)22(3,4)29-15/h6-9,28-29H,1-5H3. The molecule has 0 saturated carbocycles. The summed E-state index contributed by atoms with van der Waals surface area (Å²) >= 11 is 0. The molecule has 1 aliphatic heterocycles.